The molecule has 3 aromatic rings. The highest BCUT2D eigenvalue weighted by atomic mass is 35.5. The lowest BCUT2D eigenvalue weighted by molar-refractivity contribution is 0.0730. The lowest BCUT2D eigenvalue weighted by Gasteiger charge is -2.26. The van der Waals surface area contributed by atoms with E-state index in [1.165, 1.54) is 16.4 Å². The van der Waals surface area contributed by atoms with E-state index in [-0.39, 0.29) is 15.6 Å². The number of morpholine rings is 1. The molecule has 0 aliphatic carbocycles. The first-order chi connectivity index (χ1) is 15.4. The van der Waals surface area contributed by atoms with Crippen molar-refractivity contribution < 1.29 is 17.9 Å². The normalized spacial score (nSPS) is 14.9. The first-order valence-electron chi connectivity index (χ1n) is 10.1. The Morgan fingerprint density at radius 1 is 1.12 bits per heavy atom. The van der Waals surface area contributed by atoms with Gasteiger partial charge in [0, 0.05) is 18.8 Å². The molecular weight excluding hydrogens is 452 g/mol. The number of halogens is 1. The molecule has 0 saturated carbocycles. The summed E-state index contributed by atoms with van der Waals surface area (Å²) in [5, 5.41) is 7.37. The molecule has 1 saturated heterocycles. The number of carbonyl (C=O) groups excluding carboxylic acids is 1. The molecule has 0 bridgehead atoms. The average Bonchev–Trinajstić information content (AvgIpc) is 3.08. The van der Waals surface area contributed by atoms with Crippen LogP contribution in [0, 0.1) is 6.92 Å². The lowest BCUT2D eigenvalue weighted by Crippen LogP contribution is -2.40. The summed E-state index contributed by atoms with van der Waals surface area (Å²) in [6.07, 6.45) is 0. The fourth-order valence-electron chi connectivity index (χ4n) is 3.54. The van der Waals surface area contributed by atoms with E-state index in [1.54, 1.807) is 23.7 Å². The van der Waals surface area contributed by atoms with Gasteiger partial charge in [0.1, 0.15) is 5.15 Å². The molecule has 1 amide bonds. The number of rotatable bonds is 6. The molecule has 0 radical (unpaired) electrons. The van der Waals surface area contributed by atoms with Gasteiger partial charge in [-0.15, -0.1) is 0 Å². The van der Waals surface area contributed by atoms with E-state index in [0.29, 0.717) is 44.2 Å². The van der Waals surface area contributed by atoms with Crippen LogP contribution in [0.3, 0.4) is 0 Å². The summed E-state index contributed by atoms with van der Waals surface area (Å²) < 4.78 is 34.0. The van der Waals surface area contributed by atoms with Crippen molar-refractivity contribution in [3.05, 3.63) is 76.6 Å². The number of hydrogen-bond acceptors (Lipinski definition) is 5. The molecular formula is C22H23ClN4O4S. The summed E-state index contributed by atoms with van der Waals surface area (Å²) in [5.74, 6) is -0.451. The highest BCUT2D eigenvalue weighted by Gasteiger charge is 2.27. The van der Waals surface area contributed by atoms with Gasteiger partial charge in [0.25, 0.3) is 5.91 Å². The summed E-state index contributed by atoms with van der Waals surface area (Å²) in [4.78, 5) is 13.1. The number of hydrogen-bond donors (Lipinski definition) is 1. The van der Waals surface area contributed by atoms with Gasteiger partial charge in [-0.1, -0.05) is 48.0 Å². The van der Waals surface area contributed by atoms with Crippen molar-refractivity contribution in [3.8, 4) is 0 Å². The second-order valence-electron chi connectivity index (χ2n) is 7.39. The Balaban J connectivity index is 1.54. The monoisotopic (exact) mass is 474 g/mol. The van der Waals surface area contributed by atoms with Crippen LogP contribution in [-0.4, -0.2) is 54.7 Å². The number of carbonyl (C=O) groups is 1. The third-order valence-corrected chi connectivity index (χ3v) is 7.45. The van der Waals surface area contributed by atoms with E-state index in [4.69, 9.17) is 16.3 Å². The molecule has 32 heavy (non-hydrogen) atoms. The third-order valence-electron chi connectivity index (χ3n) is 5.17. The zero-order chi connectivity index (χ0) is 22.7. The number of anilines is 1. The largest absolute Gasteiger partial charge is 0.379 e. The van der Waals surface area contributed by atoms with Gasteiger partial charge in [-0.05, 0) is 30.7 Å². The average molecular weight is 475 g/mol. The van der Waals surface area contributed by atoms with Gasteiger partial charge in [0.05, 0.1) is 35.9 Å². The number of nitrogens with zero attached hydrogens (tertiary/aromatic N) is 3. The van der Waals surface area contributed by atoms with Crippen LogP contribution in [0.5, 0.6) is 0 Å². The van der Waals surface area contributed by atoms with Crippen molar-refractivity contribution in [1.82, 2.24) is 14.1 Å². The van der Waals surface area contributed by atoms with E-state index in [9.17, 15) is 13.2 Å². The predicted molar refractivity (Wildman–Crippen MR) is 121 cm³/mol. The molecule has 1 aromatic heterocycles. The van der Waals surface area contributed by atoms with Gasteiger partial charge in [0.15, 0.2) is 0 Å². The van der Waals surface area contributed by atoms with Gasteiger partial charge < -0.3 is 10.1 Å². The highest BCUT2D eigenvalue weighted by molar-refractivity contribution is 7.89. The topological polar surface area (TPSA) is 93.5 Å². The standard InChI is InChI=1S/C22H23ClN4O4S/c1-16-20(21(23)27(25-16)15-17-6-3-2-4-7-17)22(28)24-18-8-5-9-19(14-18)32(29,30)26-10-12-31-13-11-26/h2-9,14H,10-13,15H2,1H3,(H,24,28). The van der Waals surface area contributed by atoms with Gasteiger partial charge in [-0.2, -0.15) is 9.40 Å². The van der Waals surface area contributed by atoms with Crippen LogP contribution in [0.2, 0.25) is 5.15 Å². The van der Waals surface area contributed by atoms with Crippen LogP contribution >= 0.6 is 11.6 Å². The minimum atomic E-state index is -3.67. The zero-order valence-electron chi connectivity index (χ0n) is 17.5. The molecule has 1 aliphatic rings. The van der Waals surface area contributed by atoms with E-state index in [0.717, 1.165) is 5.56 Å². The lowest BCUT2D eigenvalue weighted by atomic mass is 10.2. The van der Waals surface area contributed by atoms with Crippen LogP contribution < -0.4 is 5.32 Å². The Morgan fingerprint density at radius 3 is 2.56 bits per heavy atom. The van der Waals surface area contributed by atoms with Gasteiger partial charge in [0.2, 0.25) is 10.0 Å². The summed E-state index contributed by atoms with van der Waals surface area (Å²) in [5.41, 5.74) is 2.10. The van der Waals surface area contributed by atoms with Crippen LogP contribution in [0.1, 0.15) is 21.6 Å². The number of aryl methyl sites for hydroxylation is 1. The molecule has 0 atom stereocenters. The number of nitrogens with one attached hydrogen (secondary N) is 1. The van der Waals surface area contributed by atoms with Crippen molar-refractivity contribution in [2.24, 2.45) is 0 Å². The number of aromatic nitrogens is 2. The maximum atomic E-state index is 13.0. The Labute approximate surface area is 191 Å². The van der Waals surface area contributed by atoms with Gasteiger partial charge >= 0.3 is 0 Å². The number of sulfonamides is 1. The Kier molecular flexibility index (Phi) is 6.61. The van der Waals surface area contributed by atoms with Crippen molar-refractivity contribution in [1.29, 1.82) is 0 Å². The minimum absolute atomic E-state index is 0.111. The molecule has 8 nitrogen and oxygen atoms in total. The molecule has 1 N–H and O–H groups in total. The van der Waals surface area contributed by atoms with Crippen molar-refractivity contribution in [3.63, 3.8) is 0 Å². The number of benzene rings is 2. The first kappa shape index (κ1) is 22.5. The molecule has 2 heterocycles. The molecule has 1 fully saturated rings. The van der Waals surface area contributed by atoms with Crippen LogP contribution in [-0.2, 0) is 21.3 Å². The molecule has 0 spiro atoms. The van der Waals surface area contributed by atoms with E-state index in [1.807, 2.05) is 30.3 Å². The Bertz CT molecular complexity index is 1220. The van der Waals surface area contributed by atoms with E-state index < -0.39 is 15.9 Å². The Hall–Kier alpha value is -2.72. The van der Waals surface area contributed by atoms with Gasteiger partial charge in [-0.25, -0.2) is 13.1 Å². The SMILES string of the molecule is Cc1nn(Cc2ccccc2)c(Cl)c1C(=O)Nc1cccc(S(=O)(=O)N2CCOCC2)c1. The summed E-state index contributed by atoms with van der Waals surface area (Å²) in [6.45, 7) is 3.46. The summed E-state index contributed by atoms with van der Waals surface area (Å²) in [6, 6.07) is 15.9. The van der Waals surface area contributed by atoms with E-state index in [2.05, 4.69) is 10.4 Å². The first-order valence-corrected chi connectivity index (χ1v) is 11.9. The fraction of sp³-hybridized carbons (Fsp3) is 0.273. The van der Waals surface area contributed by atoms with Crippen LogP contribution in [0.25, 0.3) is 0 Å². The van der Waals surface area contributed by atoms with Crippen molar-refractivity contribution in [2.45, 2.75) is 18.4 Å². The zero-order valence-corrected chi connectivity index (χ0v) is 19.1. The van der Waals surface area contributed by atoms with Crippen molar-refractivity contribution in [2.75, 3.05) is 31.6 Å². The van der Waals surface area contributed by atoms with Crippen molar-refractivity contribution >= 4 is 33.2 Å². The number of amides is 1. The number of ether oxygens (including phenoxy) is 1. The maximum absolute atomic E-state index is 13.0. The second kappa shape index (κ2) is 9.41. The second-order valence-corrected chi connectivity index (χ2v) is 9.69. The van der Waals surface area contributed by atoms with Crippen LogP contribution in [0.15, 0.2) is 59.5 Å². The quantitative estimate of drug-likeness (QED) is 0.592. The molecule has 168 valence electrons. The molecule has 2 aromatic carbocycles. The minimum Gasteiger partial charge on any atom is -0.379 e. The maximum Gasteiger partial charge on any atom is 0.260 e. The summed E-state index contributed by atoms with van der Waals surface area (Å²) >= 11 is 6.47. The Morgan fingerprint density at radius 2 is 1.84 bits per heavy atom. The highest BCUT2D eigenvalue weighted by Crippen LogP contribution is 2.24. The van der Waals surface area contributed by atoms with Crippen LogP contribution in [0.4, 0.5) is 5.69 Å². The predicted octanol–water partition coefficient (Wildman–Crippen LogP) is 3.17. The fourth-order valence-corrected chi connectivity index (χ4v) is 5.31. The molecule has 10 heteroatoms. The smallest absolute Gasteiger partial charge is 0.260 e. The molecule has 4 rings (SSSR count). The summed E-state index contributed by atoms with van der Waals surface area (Å²) in [7, 11) is -3.67. The third kappa shape index (κ3) is 4.71. The molecule has 1 aliphatic heterocycles. The van der Waals surface area contributed by atoms with E-state index >= 15 is 0 Å². The molecule has 0 unspecified atom stereocenters. The van der Waals surface area contributed by atoms with Gasteiger partial charge in [-0.3, -0.25) is 4.79 Å².